The van der Waals surface area contributed by atoms with Crippen molar-refractivity contribution in [2.24, 2.45) is 0 Å². The van der Waals surface area contributed by atoms with Crippen molar-refractivity contribution in [2.75, 3.05) is 16.2 Å². The summed E-state index contributed by atoms with van der Waals surface area (Å²) in [6.07, 6.45) is 1.32. The van der Waals surface area contributed by atoms with Gasteiger partial charge in [0, 0.05) is 17.8 Å². The zero-order valence-electron chi connectivity index (χ0n) is 15.4. The van der Waals surface area contributed by atoms with Gasteiger partial charge in [-0.05, 0) is 61.7 Å². The Morgan fingerprint density at radius 1 is 1.21 bits per heavy atom. The van der Waals surface area contributed by atoms with Crippen LogP contribution in [0.25, 0.3) is 0 Å². The van der Waals surface area contributed by atoms with Crippen molar-refractivity contribution in [1.82, 2.24) is 10.2 Å². The Balaban J connectivity index is 1.64. The molecule has 0 aliphatic carbocycles. The van der Waals surface area contributed by atoms with Crippen molar-refractivity contribution in [2.45, 2.75) is 24.7 Å². The van der Waals surface area contributed by atoms with E-state index >= 15 is 0 Å². The van der Waals surface area contributed by atoms with Gasteiger partial charge < -0.3 is 4.90 Å². The number of amides is 1. The number of fused-ring (bicyclic) bond motifs is 1. The van der Waals surface area contributed by atoms with E-state index in [1.165, 1.54) is 24.3 Å². The van der Waals surface area contributed by atoms with Gasteiger partial charge in [0.2, 0.25) is 5.13 Å². The maximum absolute atomic E-state index is 13.5. The summed E-state index contributed by atoms with van der Waals surface area (Å²) in [5, 5.41) is 8.43. The number of nitrogens with zero attached hydrogens (tertiary/aromatic N) is 3. The number of aromatic nitrogens is 2. The first-order chi connectivity index (χ1) is 13.8. The van der Waals surface area contributed by atoms with E-state index in [0.29, 0.717) is 30.1 Å². The predicted molar refractivity (Wildman–Crippen MR) is 108 cm³/mol. The zero-order valence-corrected chi connectivity index (χ0v) is 17.1. The van der Waals surface area contributed by atoms with Gasteiger partial charge in [-0.2, -0.15) is 0 Å². The van der Waals surface area contributed by atoms with E-state index in [9.17, 15) is 17.6 Å². The predicted octanol–water partition coefficient (Wildman–Crippen LogP) is 3.38. The summed E-state index contributed by atoms with van der Waals surface area (Å²) < 4.78 is 41.3. The third-order valence-corrected chi connectivity index (χ3v) is 6.76. The number of benzene rings is 2. The second-order valence-electron chi connectivity index (χ2n) is 6.59. The standard InChI is InChI=1S/C19H17FN4O3S2/c1-12-21-22-19(28-12)23-29(26,27)16-7-8-17-13(11-16)5-3-9-24(17)18(25)14-4-2-6-15(20)10-14/h2,4,6-8,10-11H,3,5,9H2,1H3,(H,22,23). The molecule has 1 amide bonds. The normalized spacial score (nSPS) is 13.8. The quantitative estimate of drug-likeness (QED) is 0.682. The molecule has 1 aromatic heterocycles. The number of hydrogen-bond acceptors (Lipinski definition) is 6. The molecule has 10 heteroatoms. The topological polar surface area (TPSA) is 92.3 Å². The highest BCUT2D eigenvalue weighted by atomic mass is 32.2. The maximum Gasteiger partial charge on any atom is 0.263 e. The molecule has 0 saturated carbocycles. The third kappa shape index (κ3) is 3.99. The smallest absolute Gasteiger partial charge is 0.263 e. The third-order valence-electron chi connectivity index (χ3n) is 4.54. The Morgan fingerprint density at radius 3 is 2.76 bits per heavy atom. The molecule has 0 fully saturated rings. The summed E-state index contributed by atoms with van der Waals surface area (Å²) in [6.45, 7) is 2.22. The lowest BCUT2D eigenvalue weighted by atomic mass is 10.0. The minimum Gasteiger partial charge on any atom is -0.308 e. The minimum atomic E-state index is -3.82. The number of aryl methyl sites for hydroxylation is 2. The highest BCUT2D eigenvalue weighted by Gasteiger charge is 2.26. The van der Waals surface area contributed by atoms with Gasteiger partial charge in [-0.25, -0.2) is 12.8 Å². The largest absolute Gasteiger partial charge is 0.308 e. The molecule has 0 saturated heterocycles. The fourth-order valence-corrected chi connectivity index (χ4v) is 5.11. The van der Waals surface area contributed by atoms with E-state index < -0.39 is 15.8 Å². The molecule has 1 aliphatic heterocycles. The van der Waals surface area contributed by atoms with E-state index in [4.69, 9.17) is 0 Å². The van der Waals surface area contributed by atoms with Crippen molar-refractivity contribution < 1.29 is 17.6 Å². The minimum absolute atomic E-state index is 0.0872. The Bertz CT molecular complexity index is 1190. The lowest BCUT2D eigenvalue weighted by molar-refractivity contribution is 0.0984. The van der Waals surface area contributed by atoms with Gasteiger partial charge in [0.1, 0.15) is 10.8 Å². The highest BCUT2D eigenvalue weighted by molar-refractivity contribution is 7.93. The van der Waals surface area contributed by atoms with Crippen LogP contribution in [0.2, 0.25) is 0 Å². The number of anilines is 2. The lowest BCUT2D eigenvalue weighted by Crippen LogP contribution is -2.35. The molecule has 2 heterocycles. The first kappa shape index (κ1) is 19.5. The highest BCUT2D eigenvalue weighted by Crippen LogP contribution is 2.31. The molecule has 0 spiro atoms. The number of nitrogens with one attached hydrogen (secondary N) is 1. The van der Waals surface area contributed by atoms with Crippen LogP contribution < -0.4 is 9.62 Å². The molecule has 2 aromatic carbocycles. The summed E-state index contributed by atoms with van der Waals surface area (Å²) in [6, 6.07) is 10.2. The second kappa shape index (κ2) is 7.53. The van der Waals surface area contributed by atoms with Crippen molar-refractivity contribution >= 4 is 38.1 Å². The summed E-state index contributed by atoms with van der Waals surface area (Å²) in [5.74, 6) is -0.795. The molecule has 4 rings (SSSR count). The van der Waals surface area contributed by atoms with Gasteiger partial charge in [-0.1, -0.05) is 17.4 Å². The fourth-order valence-electron chi connectivity index (χ4n) is 3.24. The number of sulfonamides is 1. The lowest BCUT2D eigenvalue weighted by Gasteiger charge is -2.30. The second-order valence-corrected chi connectivity index (χ2v) is 9.46. The van der Waals surface area contributed by atoms with E-state index in [1.54, 1.807) is 30.0 Å². The van der Waals surface area contributed by atoms with Crippen LogP contribution in [0.1, 0.15) is 27.3 Å². The van der Waals surface area contributed by atoms with Gasteiger partial charge in [-0.15, -0.1) is 10.2 Å². The first-order valence-corrected chi connectivity index (χ1v) is 11.2. The number of hydrogen-bond donors (Lipinski definition) is 1. The first-order valence-electron chi connectivity index (χ1n) is 8.87. The van der Waals surface area contributed by atoms with Gasteiger partial charge in [-0.3, -0.25) is 9.52 Å². The summed E-state index contributed by atoms with van der Waals surface area (Å²) in [7, 11) is -3.82. The Kier molecular flexibility index (Phi) is 5.05. The van der Waals surface area contributed by atoms with Crippen LogP contribution in [0.5, 0.6) is 0 Å². The van der Waals surface area contributed by atoms with Crippen LogP contribution in [0.4, 0.5) is 15.2 Å². The number of carbonyl (C=O) groups is 1. The Morgan fingerprint density at radius 2 is 2.03 bits per heavy atom. The molecule has 0 atom stereocenters. The fraction of sp³-hybridized carbons (Fsp3) is 0.211. The van der Waals surface area contributed by atoms with Crippen LogP contribution in [0.15, 0.2) is 47.4 Å². The molecule has 0 radical (unpaired) electrons. The summed E-state index contributed by atoms with van der Waals surface area (Å²) in [5.41, 5.74) is 1.64. The van der Waals surface area contributed by atoms with Crippen LogP contribution in [-0.4, -0.2) is 31.1 Å². The summed E-state index contributed by atoms with van der Waals surface area (Å²) in [4.78, 5) is 14.5. The molecule has 7 nitrogen and oxygen atoms in total. The van der Waals surface area contributed by atoms with Crippen LogP contribution in [-0.2, 0) is 16.4 Å². The molecule has 0 unspecified atom stereocenters. The maximum atomic E-state index is 13.5. The monoisotopic (exact) mass is 432 g/mol. The van der Waals surface area contributed by atoms with E-state index in [2.05, 4.69) is 14.9 Å². The SMILES string of the molecule is Cc1nnc(NS(=O)(=O)c2ccc3c(c2)CCCN3C(=O)c2cccc(F)c2)s1. The summed E-state index contributed by atoms with van der Waals surface area (Å²) >= 11 is 1.15. The van der Waals surface area contributed by atoms with Gasteiger partial charge in [0.15, 0.2) is 0 Å². The number of halogens is 1. The van der Waals surface area contributed by atoms with Gasteiger partial charge >= 0.3 is 0 Å². The van der Waals surface area contributed by atoms with Crippen molar-refractivity contribution in [3.63, 3.8) is 0 Å². The number of carbonyl (C=O) groups excluding carboxylic acids is 1. The van der Waals surface area contributed by atoms with E-state index in [-0.39, 0.29) is 21.5 Å². The van der Waals surface area contributed by atoms with Crippen LogP contribution >= 0.6 is 11.3 Å². The van der Waals surface area contributed by atoms with Crippen LogP contribution in [0.3, 0.4) is 0 Å². The van der Waals surface area contributed by atoms with Gasteiger partial charge in [0.05, 0.1) is 4.90 Å². The Labute approximate surface area is 171 Å². The molecule has 3 aromatic rings. The molecule has 150 valence electrons. The Hall–Kier alpha value is -2.85. The molecule has 1 N–H and O–H groups in total. The van der Waals surface area contributed by atoms with E-state index in [0.717, 1.165) is 16.9 Å². The average Bonchev–Trinajstić information content (AvgIpc) is 3.10. The van der Waals surface area contributed by atoms with Crippen molar-refractivity contribution in [3.05, 3.63) is 64.4 Å². The van der Waals surface area contributed by atoms with Crippen molar-refractivity contribution in [1.29, 1.82) is 0 Å². The number of rotatable bonds is 4. The van der Waals surface area contributed by atoms with Gasteiger partial charge in [0.25, 0.3) is 15.9 Å². The van der Waals surface area contributed by atoms with E-state index in [1.807, 2.05) is 0 Å². The molecule has 0 bridgehead atoms. The average molecular weight is 433 g/mol. The molecule has 1 aliphatic rings. The zero-order chi connectivity index (χ0) is 20.6. The van der Waals surface area contributed by atoms with Crippen molar-refractivity contribution in [3.8, 4) is 0 Å². The molecular weight excluding hydrogens is 415 g/mol. The molecular formula is C19H17FN4O3S2. The van der Waals surface area contributed by atoms with Crippen LogP contribution in [0, 0.1) is 12.7 Å². The molecule has 29 heavy (non-hydrogen) atoms.